The summed E-state index contributed by atoms with van der Waals surface area (Å²) in [5, 5.41) is 10.2. The number of nitrogens with one attached hydrogen (secondary N) is 1. The van der Waals surface area contributed by atoms with Crippen molar-refractivity contribution in [3.8, 4) is 0 Å². The first-order valence-corrected chi connectivity index (χ1v) is 1.98. The molecule has 7 heavy (non-hydrogen) atoms. The summed E-state index contributed by atoms with van der Waals surface area (Å²) in [7, 11) is 0. The van der Waals surface area contributed by atoms with E-state index >= 15 is 0 Å². The minimum absolute atomic E-state index is 0.419. The van der Waals surface area contributed by atoms with Gasteiger partial charge >= 0.3 is 0 Å². The van der Waals surface area contributed by atoms with Gasteiger partial charge in [-0.15, -0.1) is 0 Å². The van der Waals surface area contributed by atoms with Gasteiger partial charge in [0.05, 0.1) is 11.4 Å². The van der Waals surface area contributed by atoms with E-state index in [0.717, 1.165) is 0 Å². The summed E-state index contributed by atoms with van der Waals surface area (Å²) >= 11 is 0. The maximum atomic E-state index is 6.89. The van der Waals surface area contributed by atoms with Crippen molar-refractivity contribution in [2.45, 2.75) is 13.8 Å². The highest BCUT2D eigenvalue weighted by molar-refractivity contribution is 6.39. The third-order valence-electron chi connectivity index (χ3n) is 0.736. The summed E-state index contributed by atoms with van der Waals surface area (Å²) in [5.41, 5.74) is 1.00. The van der Waals surface area contributed by atoms with Crippen molar-refractivity contribution in [3.05, 3.63) is 0 Å². The molecule has 0 unspecified atom stereocenters. The molecule has 0 spiro atoms. The normalized spacial score (nSPS) is 11.4. The first kappa shape index (κ1) is 6.14. The molecule has 3 heteroatoms. The monoisotopic (exact) mass is 99.1 g/mol. The van der Waals surface area contributed by atoms with Crippen LogP contribution in [-0.4, -0.2) is 11.4 Å². The van der Waals surface area contributed by atoms with Crippen LogP contribution in [0.5, 0.6) is 0 Å². The predicted molar refractivity (Wildman–Crippen MR) is 30.7 cm³/mol. The summed E-state index contributed by atoms with van der Waals surface area (Å²) in [5.74, 6) is 4.82. The molecule has 0 aromatic rings. The molecular weight excluding hydrogens is 90.1 g/mol. The molecule has 0 saturated carbocycles. The van der Waals surface area contributed by atoms with Gasteiger partial charge in [-0.25, -0.2) is 0 Å². The molecule has 0 aromatic heterocycles. The fourth-order valence-electron chi connectivity index (χ4n) is 0.0968. The zero-order chi connectivity index (χ0) is 5.86. The SMILES string of the molecule is CC(=N)/C(C)=N\N. The Balaban J connectivity index is 3.82. The van der Waals surface area contributed by atoms with Gasteiger partial charge in [-0.05, 0) is 13.8 Å². The van der Waals surface area contributed by atoms with Gasteiger partial charge < -0.3 is 11.3 Å². The first-order chi connectivity index (χ1) is 3.18. The Kier molecular flexibility index (Phi) is 2.05. The van der Waals surface area contributed by atoms with Crippen LogP contribution in [-0.2, 0) is 0 Å². The van der Waals surface area contributed by atoms with E-state index in [1.165, 1.54) is 0 Å². The summed E-state index contributed by atoms with van der Waals surface area (Å²) < 4.78 is 0. The molecular formula is C4H9N3. The van der Waals surface area contributed by atoms with Crippen LogP contribution in [0.25, 0.3) is 0 Å². The van der Waals surface area contributed by atoms with Gasteiger partial charge in [0.15, 0.2) is 0 Å². The quantitative estimate of drug-likeness (QED) is 0.278. The number of rotatable bonds is 1. The van der Waals surface area contributed by atoms with E-state index < -0.39 is 0 Å². The van der Waals surface area contributed by atoms with E-state index in [1.54, 1.807) is 13.8 Å². The first-order valence-electron chi connectivity index (χ1n) is 1.98. The predicted octanol–water partition coefficient (Wildman–Crippen LogP) is 0.361. The smallest absolute Gasteiger partial charge is 0.0773 e. The minimum Gasteiger partial charge on any atom is -0.323 e. The molecule has 0 radical (unpaired) electrons. The molecule has 0 atom stereocenters. The second-order valence-corrected chi connectivity index (χ2v) is 1.34. The third-order valence-corrected chi connectivity index (χ3v) is 0.736. The molecule has 0 amide bonds. The van der Waals surface area contributed by atoms with Gasteiger partial charge in [-0.1, -0.05) is 0 Å². The lowest BCUT2D eigenvalue weighted by molar-refractivity contribution is 1.24. The number of hydrazone groups is 1. The van der Waals surface area contributed by atoms with Crippen molar-refractivity contribution in [3.63, 3.8) is 0 Å². The Hall–Kier alpha value is -0.860. The van der Waals surface area contributed by atoms with Gasteiger partial charge in [0.1, 0.15) is 0 Å². The average molecular weight is 99.1 g/mol. The molecule has 0 heterocycles. The van der Waals surface area contributed by atoms with E-state index in [0.29, 0.717) is 11.4 Å². The van der Waals surface area contributed by atoms with Crippen LogP contribution in [0, 0.1) is 5.41 Å². The topological polar surface area (TPSA) is 62.2 Å². The molecule has 3 nitrogen and oxygen atoms in total. The van der Waals surface area contributed by atoms with Gasteiger partial charge in [0.25, 0.3) is 0 Å². The standard InChI is InChI=1S/C4H9N3/c1-3(5)4(2)7-6/h5H,6H2,1-2H3/b5-3?,7-4-. The van der Waals surface area contributed by atoms with Crippen LogP contribution < -0.4 is 5.84 Å². The van der Waals surface area contributed by atoms with Crippen molar-refractivity contribution in [1.82, 2.24) is 0 Å². The second-order valence-electron chi connectivity index (χ2n) is 1.34. The maximum absolute atomic E-state index is 6.89. The van der Waals surface area contributed by atoms with Crippen molar-refractivity contribution < 1.29 is 0 Å². The van der Waals surface area contributed by atoms with E-state index in [2.05, 4.69) is 5.10 Å². The molecule has 0 bridgehead atoms. The summed E-state index contributed by atoms with van der Waals surface area (Å²) in [6.07, 6.45) is 0. The highest BCUT2D eigenvalue weighted by atomic mass is 15.1. The Morgan fingerprint density at radius 3 is 2.00 bits per heavy atom. The summed E-state index contributed by atoms with van der Waals surface area (Å²) in [6.45, 7) is 3.34. The van der Waals surface area contributed by atoms with Gasteiger partial charge in [-0.3, -0.25) is 0 Å². The van der Waals surface area contributed by atoms with Crippen molar-refractivity contribution in [2.24, 2.45) is 10.9 Å². The van der Waals surface area contributed by atoms with Crippen LogP contribution in [0.3, 0.4) is 0 Å². The number of nitrogens with zero attached hydrogens (tertiary/aromatic N) is 1. The zero-order valence-electron chi connectivity index (χ0n) is 4.52. The van der Waals surface area contributed by atoms with Gasteiger partial charge in [0.2, 0.25) is 0 Å². The molecule has 3 N–H and O–H groups in total. The minimum atomic E-state index is 0.419. The molecule has 0 aliphatic carbocycles. The van der Waals surface area contributed by atoms with Crippen LogP contribution in [0.2, 0.25) is 0 Å². The lowest BCUT2D eigenvalue weighted by atomic mass is 10.3. The number of hydrogen-bond acceptors (Lipinski definition) is 3. The fraction of sp³-hybridized carbons (Fsp3) is 0.500. The Morgan fingerprint density at radius 1 is 1.57 bits per heavy atom. The zero-order valence-corrected chi connectivity index (χ0v) is 4.52. The summed E-state index contributed by atoms with van der Waals surface area (Å²) in [6, 6.07) is 0. The maximum Gasteiger partial charge on any atom is 0.0773 e. The molecule has 0 saturated heterocycles. The molecule has 40 valence electrons. The molecule has 0 rings (SSSR count). The lowest BCUT2D eigenvalue weighted by Crippen LogP contribution is -2.05. The van der Waals surface area contributed by atoms with Gasteiger partial charge in [0, 0.05) is 0 Å². The van der Waals surface area contributed by atoms with Crippen LogP contribution >= 0.6 is 0 Å². The molecule has 0 fully saturated rings. The lowest BCUT2D eigenvalue weighted by Gasteiger charge is -1.87. The highest BCUT2D eigenvalue weighted by Gasteiger charge is 1.87. The van der Waals surface area contributed by atoms with Crippen LogP contribution in [0.1, 0.15) is 13.8 Å². The highest BCUT2D eigenvalue weighted by Crippen LogP contribution is 1.73. The molecule has 0 aliphatic rings. The third kappa shape index (κ3) is 1.92. The number of nitrogens with two attached hydrogens (primary N) is 1. The van der Waals surface area contributed by atoms with Crippen molar-refractivity contribution in [1.29, 1.82) is 5.41 Å². The van der Waals surface area contributed by atoms with Crippen molar-refractivity contribution in [2.75, 3.05) is 0 Å². The van der Waals surface area contributed by atoms with E-state index in [1.807, 2.05) is 0 Å². The Labute approximate surface area is 42.7 Å². The largest absolute Gasteiger partial charge is 0.323 e. The van der Waals surface area contributed by atoms with Crippen LogP contribution in [0.15, 0.2) is 5.10 Å². The van der Waals surface area contributed by atoms with Crippen molar-refractivity contribution >= 4 is 11.4 Å². The number of hydrogen-bond donors (Lipinski definition) is 2. The van der Waals surface area contributed by atoms with Crippen LogP contribution in [0.4, 0.5) is 0 Å². The molecule has 0 aromatic carbocycles. The van der Waals surface area contributed by atoms with E-state index in [9.17, 15) is 0 Å². The molecule has 0 aliphatic heterocycles. The Morgan fingerprint density at radius 2 is 2.00 bits per heavy atom. The second kappa shape index (κ2) is 2.34. The van der Waals surface area contributed by atoms with Gasteiger partial charge in [-0.2, -0.15) is 5.10 Å². The average Bonchev–Trinajstić information content (AvgIpc) is 1.65. The Bertz CT molecular complexity index is 104. The fourth-order valence-corrected chi connectivity index (χ4v) is 0.0968. The van der Waals surface area contributed by atoms with E-state index in [4.69, 9.17) is 11.3 Å². The summed E-state index contributed by atoms with van der Waals surface area (Å²) in [4.78, 5) is 0. The van der Waals surface area contributed by atoms with E-state index in [-0.39, 0.29) is 0 Å².